The predicted octanol–water partition coefficient (Wildman–Crippen LogP) is 4.49. The van der Waals surface area contributed by atoms with Gasteiger partial charge in [0, 0.05) is 0 Å². The van der Waals surface area contributed by atoms with Crippen LogP contribution in [0.4, 0.5) is 25.8 Å². The molecule has 3 nitrogen and oxygen atoms in total. The number of nitrogens with one attached hydrogen (secondary N) is 1. The maximum atomic E-state index is 13.2. The summed E-state index contributed by atoms with van der Waals surface area (Å²) in [6.45, 7) is 1.85. The van der Waals surface area contributed by atoms with E-state index in [0.29, 0.717) is 5.56 Å². The van der Waals surface area contributed by atoms with Crippen LogP contribution in [-0.2, 0) is 0 Å². The van der Waals surface area contributed by atoms with E-state index in [9.17, 15) is 8.78 Å². The van der Waals surface area contributed by atoms with Crippen molar-refractivity contribution < 1.29 is 8.78 Å². The number of anilines is 1. The van der Waals surface area contributed by atoms with Gasteiger partial charge in [-0.2, -0.15) is 0 Å². The summed E-state index contributed by atoms with van der Waals surface area (Å²) in [5.41, 5.74) is 3.09. The zero-order valence-corrected chi connectivity index (χ0v) is 12.3. The summed E-state index contributed by atoms with van der Waals surface area (Å²) in [5, 5.41) is 3.24. The number of benzene rings is 2. The molecular formula is C14H11F2N3Se. The van der Waals surface area contributed by atoms with Crippen LogP contribution in [0.5, 0.6) is 0 Å². The van der Waals surface area contributed by atoms with Gasteiger partial charge in [0.15, 0.2) is 0 Å². The monoisotopic (exact) mass is 339 g/mol. The molecule has 1 N–H and O–H groups in total. The second-order valence-electron chi connectivity index (χ2n) is 4.51. The van der Waals surface area contributed by atoms with Crippen molar-refractivity contribution in [2.75, 3.05) is 5.32 Å². The van der Waals surface area contributed by atoms with Gasteiger partial charge < -0.3 is 0 Å². The molecule has 6 heteroatoms. The van der Waals surface area contributed by atoms with E-state index in [1.54, 1.807) is 0 Å². The quantitative estimate of drug-likeness (QED) is 0.702. The second-order valence-corrected chi connectivity index (χ2v) is 5.62. The molecule has 0 amide bonds. The number of hydrogen-bond donors (Lipinski definition) is 1. The predicted molar refractivity (Wildman–Crippen MR) is 74.8 cm³/mol. The van der Waals surface area contributed by atoms with Crippen LogP contribution in [0.3, 0.4) is 0 Å². The van der Waals surface area contributed by atoms with Crippen molar-refractivity contribution >= 4 is 31.6 Å². The van der Waals surface area contributed by atoms with Crippen molar-refractivity contribution in [3.8, 4) is 0 Å². The van der Waals surface area contributed by atoms with E-state index in [1.165, 1.54) is 12.1 Å². The SMILES string of the molecule is CC(Nc1cccc2c1N=[Se]=N2)c1cc(F)cc(F)c1. The van der Waals surface area contributed by atoms with Gasteiger partial charge in [0.25, 0.3) is 0 Å². The fourth-order valence-corrected chi connectivity index (χ4v) is 3.22. The molecule has 0 radical (unpaired) electrons. The van der Waals surface area contributed by atoms with Crippen LogP contribution < -0.4 is 5.32 Å². The molecule has 0 saturated heterocycles. The molecule has 1 aliphatic rings. The number of rotatable bonds is 3. The fraction of sp³-hybridized carbons (Fsp3) is 0.143. The van der Waals surface area contributed by atoms with E-state index in [0.717, 1.165) is 23.1 Å². The summed E-state index contributed by atoms with van der Waals surface area (Å²) in [5.74, 6) is -1.15. The maximum absolute atomic E-state index is 13.2. The Balaban J connectivity index is 1.88. The van der Waals surface area contributed by atoms with Crippen LogP contribution in [0, 0.1) is 11.6 Å². The molecule has 1 unspecified atom stereocenters. The summed E-state index contributed by atoms with van der Waals surface area (Å²) >= 11 is -0.103. The topological polar surface area (TPSA) is 36.8 Å². The molecule has 1 atom stereocenters. The summed E-state index contributed by atoms with van der Waals surface area (Å²) in [7, 11) is 0. The van der Waals surface area contributed by atoms with Gasteiger partial charge in [0.05, 0.1) is 0 Å². The van der Waals surface area contributed by atoms with Gasteiger partial charge in [-0.3, -0.25) is 0 Å². The van der Waals surface area contributed by atoms with Gasteiger partial charge in [-0.05, 0) is 0 Å². The molecule has 0 fully saturated rings. The molecule has 1 heterocycles. The van der Waals surface area contributed by atoms with Crippen molar-refractivity contribution in [2.24, 2.45) is 7.92 Å². The van der Waals surface area contributed by atoms with Gasteiger partial charge in [0.2, 0.25) is 0 Å². The normalized spacial score (nSPS) is 13.8. The summed E-state index contributed by atoms with van der Waals surface area (Å²) in [6, 6.07) is 8.99. The zero-order chi connectivity index (χ0) is 14.1. The van der Waals surface area contributed by atoms with Crippen molar-refractivity contribution in [2.45, 2.75) is 13.0 Å². The van der Waals surface area contributed by atoms with E-state index < -0.39 is 11.6 Å². The Morgan fingerprint density at radius 1 is 1.10 bits per heavy atom. The summed E-state index contributed by atoms with van der Waals surface area (Å²) < 4.78 is 35.2. The molecule has 102 valence electrons. The first-order valence-corrected chi connectivity index (χ1v) is 7.60. The Morgan fingerprint density at radius 3 is 2.60 bits per heavy atom. The first-order valence-electron chi connectivity index (χ1n) is 6.07. The average Bonchev–Trinajstić information content (AvgIpc) is 2.87. The second kappa shape index (κ2) is 5.31. The Kier molecular flexibility index (Phi) is 3.51. The number of halogens is 2. The van der Waals surface area contributed by atoms with Gasteiger partial charge in [0.1, 0.15) is 0 Å². The van der Waals surface area contributed by atoms with Gasteiger partial charge in [-0.1, -0.05) is 0 Å². The number of fused-ring (bicyclic) bond motifs is 1. The van der Waals surface area contributed by atoms with E-state index >= 15 is 0 Å². The van der Waals surface area contributed by atoms with Crippen LogP contribution in [-0.4, -0.2) is 14.6 Å². The summed E-state index contributed by atoms with van der Waals surface area (Å²) in [6.07, 6.45) is 0. The molecule has 0 aromatic heterocycles. The minimum atomic E-state index is -0.574. The van der Waals surface area contributed by atoms with Crippen LogP contribution in [0.25, 0.3) is 0 Å². The Labute approximate surface area is 120 Å². The van der Waals surface area contributed by atoms with Crippen LogP contribution in [0.1, 0.15) is 18.5 Å². The Hall–Kier alpha value is -1.78. The third-order valence-corrected chi connectivity index (χ3v) is 4.18. The van der Waals surface area contributed by atoms with E-state index in [2.05, 4.69) is 13.2 Å². The molecule has 0 aliphatic carbocycles. The zero-order valence-electron chi connectivity index (χ0n) is 10.6. The van der Waals surface area contributed by atoms with E-state index in [-0.39, 0.29) is 20.6 Å². The van der Waals surface area contributed by atoms with Crippen LogP contribution in [0.2, 0.25) is 0 Å². The number of nitrogens with zero attached hydrogens (tertiary/aromatic N) is 2. The molecular weight excluding hydrogens is 327 g/mol. The first kappa shape index (κ1) is 13.2. The molecule has 1 aliphatic heterocycles. The molecule has 0 bridgehead atoms. The third-order valence-electron chi connectivity index (χ3n) is 3.04. The molecule has 0 saturated carbocycles. The van der Waals surface area contributed by atoms with Gasteiger partial charge in [-0.15, -0.1) is 0 Å². The molecule has 2 aromatic carbocycles. The summed E-state index contributed by atoms with van der Waals surface area (Å²) in [4.78, 5) is 0. The molecule has 3 rings (SSSR count). The average molecular weight is 338 g/mol. The van der Waals surface area contributed by atoms with Crippen molar-refractivity contribution in [1.29, 1.82) is 0 Å². The van der Waals surface area contributed by atoms with Crippen LogP contribution >= 0.6 is 0 Å². The molecule has 0 spiro atoms. The van der Waals surface area contributed by atoms with Gasteiger partial charge in [-0.25, -0.2) is 0 Å². The minimum absolute atomic E-state index is 0.103. The van der Waals surface area contributed by atoms with Crippen molar-refractivity contribution in [3.63, 3.8) is 0 Å². The molecule has 20 heavy (non-hydrogen) atoms. The van der Waals surface area contributed by atoms with Crippen LogP contribution in [0.15, 0.2) is 44.3 Å². The Morgan fingerprint density at radius 2 is 1.85 bits per heavy atom. The van der Waals surface area contributed by atoms with E-state index in [1.807, 2.05) is 25.1 Å². The third kappa shape index (κ3) is 2.57. The van der Waals surface area contributed by atoms with Crippen molar-refractivity contribution in [1.82, 2.24) is 0 Å². The van der Waals surface area contributed by atoms with E-state index in [4.69, 9.17) is 0 Å². The molecule has 2 aromatic rings. The standard InChI is InChI=1S/C14H11F2N3Se/c1-8(9-5-10(15)7-11(16)6-9)17-12-3-2-4-13-14(12)19-20-18-13/h2-8,17H,1H3. The number of hydrogen-bond acceptors (Lipinski definition) is 3. The van der Waals surface area contributed by atoms with Crippen molar-refractivity contribution in [3.05, 3.63) is 53.6 Å². The Bertz CT molecular complexity index is 719. The fourth-order valence-electron chi connectivity index (χ4n) is 2.06. The first-order chi connectivity index (χ1) is 9.63. The van der Waals surface area contributed by atoms with Gasteiger partial charge >= 0.3 is 120 Å².